The van der Waals surface area contributed by atoms with Gasteiger partial charge in [-0.1, -0.05) is 44.2 Å². The molecule has 1 aromatic carbocycles. The Bertz CT molecular complexity index is 523. The minimum Gasteiger partial charge on any atom is -0.369 e. The first-order valence-electron chi connectivity index (χ1n) is 7.08. The Balaban J connectivity index is 2.11. The van der Waals surface area contributed by atoms with E-state index in [1.807, 2.05) is 18.5 Å². The maximum absolute atomic E-state index is 4.27. The lowest BCUT2D eigenvalue weighted by atomic mass is 10.1. The summed E-state index contributed by atoms with van der Waals surface area (Å²) in [4.78, 5) is 6.52. The molecule has 1 aromatic heterocycles. The maximum Gasteiger partial charge on any atom is 0.0598 e. The van der Waals surface area contributed by atoms with Crippen molar-refractivity contribution in [2.75, 3.05) is 11.9 Å². The molecule has 0 bridgehead atoms. The molecule has 0 fully saturated rings. The smallest absolute Gasteiger partial charge is 0.0598 e. The number of pyridine rings is 1. The van der Waals surface area contributed by atoms with Crippen LogP contribution in [-0.4, -0.2) is 18.1 Å². The second kappa shape index (κ2) is 7.06. The van der Waals surface area contributed by atoms with E-state index in [1.165, 1.54) is 16.8 Å². The lowest BCUT2D eigenvalue weighted by Crippen LogP contribution is -2.24. The van der Waals surface area contributed by atoms with Crippen molar-refractivity contribution >= 4 is 5.69 Å². The van der Waals surface area contributed by atoms with Crippen LogP contribution in [0.25, 0.3) is 0 Å². The predicted octanol–water partition coefficient (Wildman–Crippen LogP) is 3.22. The fourth-order valence-corrected chi connectivity index (χ4v) is 2.16. The van der Waals surface area contributed by atoms with Gasteiger partial charge in [0.1, 0.15) is 0 Å². The molecule has 0 aliphatic carbocycles. The quantitative estimate of drug-likeness (QED) is 0.872. The summed E-state index contributed by atoms with van der Waals surface area (Å²) >= 11 is 0. The highest BCUT2D eigenvalue weighted by Crippen LogP contribution is 2.19. The average molecular weight is 269 g/mol. The van der Waals surface area contributed by atoms with Crippen LogP contribution < -0.4 is 10.2 Å². The second-order valence-corrected chi connectivity index (χ2v) is 5.38. The standard InChI is InChI=1S/C17H23N3/c1-14(2)19-11-16-9-10-18-12-17(16)20(3)13-15-7-5-4-6-8-15/h4-10,12,14,19H,11,13H2,1-3H3. The molecule has 3 heteroatoms. The van der Waals surface area contributed by atoms with Crippen LogP contribution in [0.15, 0.2) is 48.8 Å². The fraction of sp³-hybridized carbons (Fsp3) is 0.353. The van der Waals surface area contributed by atoms with Gasteiger partial charge in [-0.15, -0.1) is 0 Å². The van der Waals surface area contributed by atoms with Crippen LogP contribution >= 0.6 is 0 Å². The molecule has 0 aliphatic rings. The molecular formula is C17H23N3. The van der Waals surface area contributed by atoms with Crippen LogP contribution in [-0.2, 0) is 13.1 Å². The normalized spacial score (nSPS) is 10.8. The summed E-state index contributed by atoms with van der Waals surface area (Å²) in [5, 5.41) is 3.47. The van der Waals surface area contributed by atoms with E-state index in [9.17, 15) is 0 Å². The van der Waals surface area contributed by atoms with Crippen LogP contribution in [0.1, 0.15) is 25.0 Å². The molecule has 2 rings (SSSR count). The Morgan fingerprint density at radius 1 is 1.15 bits per heavy atom. The van der Waals surface area contributed by atoms with E-state index in [1.54, 1.807) is 0 Å². The highest BCUT2D eigenvalue weighted by molar-refractivity contribution is 5.51. The van der Waals surface area contributed by atoms with Gasteiger partial charge in [-0.25, -0.2) is 0 Å². The Labute approximate surface area is 121 Å². The van der Waals surface area contributed by atoms with Gasteiger partial charge in [-0.3, -0.25) is 4.98 Å². The first kappa shape index (κ1) is 14.5. The van der Waals surface area contributed by atoms with Gasteiger partial charge in [0.05, 0.1) is 11.9 Å². The lowest BCUT2D eigenvalue weighted by molar-refractivity contribution is 0.588. The minimum absolute atomic E-state index is 0.482. The third-order valence-electron chi connectivity index (χ3n) is 3.26. The molecule has 1 N–H and O–H groups in total. The summed E-state index contributed by atoms with van der Waals surface area (Å²) in [5.41, 5.74) is 3.78. The summed E-state index contributed by atoms with van der Waals surface area (Å²) < 4.78 is 0. The summed E-state index contributed by atoms with van der Waals surface area (Å²) in [6.07, 6.45) is 3.80. The van der Waals surface area contributed by atoms with Crippen molar-refractivity contribution in [2.24, 2.45) is 0 Å². The molecular weight excluding hydrogens is 246 g/mol. The number of hydrogen-bond acceptors (Lipinski definition) is 3. The number of nitrogens with zero attached hydrogens (tertiary/aromatic N) is 2. The van der Waals surface area contributed by atoms with Crippen molar-refractivity contribution in [1.29, 1.82) is 0 Å². The highest BCUT2D eigenvalue weighted by Gasteiger charge is 2.08. The highest BCUT2D eigenvalue weighted by atomic mass is 15.1. The van der Waals surface area contributed by atoms with E-state index in [0.717, 1.165) is 13.1 Å². The number of rotatable bonds is 6. The Morgan fingerprint density at radius 2 is 1.90 bits per heavy atom. The van der Waals surface area contributed by atoms with Gasteiger partial charge in [0, 0.05) is 32.4 Å². The van der Waals surface area contributed by atoms with Crippen molar-refractivity contribution in [3.8, 4) is 0 Å². The molecule has 0 saturated heterocycles. The van der Waals surface area contributed by atoms with Crippen LogP contribution in [0.4, 0.5) is 5.69 Å². The number of hydrogen-bond donors (Lipinski definition) is 1. The first-order valence-corrected chi connectivity index (χ1v) is 7.08. The van der Waals surface area contributed by atoms with Crippen molar-refractivity contribution in [3.05, 3.63) is 59.9 Å². The molecule has 2 aromatic rings. The fourth-order valence-electron chi connectivity index (χ4n) is 2.16. The van der Waals surface area contributed by atoms with E-state index in [0.29, 0.717) is 6.04 Å². The minimum atomic E-state index is 0.482. The van der Waals surface area contributed by atoms with Gasteiger partial charge in [0.2, 0.25) is 0 Å². The molecule has 20 heavy (non-hydrogen) atoms. The largest absolute Gasteiger partial charge is 0.369 e. The molecule has 0 atom stereocenters. The summed E-state index contributed by atoms with van der Waals surface area (Å²) in [7, 11) is 2.11. The molecule has 3 nitrogen and oxygen atoms in total. The van der Waals surface area contributed by atoms with E-state index < -0.39 is 0 Å². The monoisotopic (exact) mass is 269 g/mol. The van der Waals surface area contributed by atoms with E-state index in [-0.39, 0.29) is 0 Å². The Kier molecular flexibility index (Phi) is 5.13. The third-order valence-corrected chi connectivity index (χ3v) is 3.26. The Hall–Kier alpha value is -1.87. The topological polar surface area (TPSA) is 28.2 Å². The average Bonchev–Trinajstić information content (AvgIpc) is 2.46. The second-order valence-electron chi connectivity index (χ2n) is 5.38. The van der Waals surface area contributed by atoms with Gasteiger partial charge in [-0.2, -0.15) is 0 Å². The van der Waals surface area contributed by atoms with Crippen LogP contribution in [0.3, 0.4) is 0 Å². The summed E-state index contributed by atoms with van der Waals surface area (Å²) in [6, 6.07) is 13.1. The van der Waals surface area contributed by atoms with Crippen LogP contribution in [0, 0.1) is 0 Å². The molecule has 1 heterocycles. The van der Waals surface area contributed by atoms with Crippen molar-refractivity contribution < 1.29 is 0 Å². The van der Waals surface area contributed by atoms with Gasteiger partial charge in [0.25, 0.3) is 0 Å². The molecule has 0 unspecified atom stereocenters. The molecule has 0 aliphatic heterocycles. The Morgan fingerprint density at radius 3 is 2.60 bits per heavy atom. The van der Waals surface area contributed by atoms with Crippen molar-refractivity contribution in [2.45, 2.75) is 33.0 Å². The SMILES string of the molecule is CC(C)NCc1ccncc1N(C)Cc1ccccc1. The zero-order chi connectivity index (χ0) is 14.4. The third kappa shape index (κ3) is 4.07. The van der Waals surface area contributed by atoms with E-state index >= 15 is 0 Å². The first-order chi connectivity index (χ1) is 9.66. The number of aromatic nitrogens is 1. The van der Waals surface area contributed by atoms with Crippen molar-refractivity contribution in [3.63, 3.8) is 0 Å². The van der Waals surface area contributed by atoms with Gasteiger partial charge < -0.3 is 10.2 Å². The van der Waals surface area contributed by atoms with Crippen molar-refractivity contribution in [1.82, 2.24) is 10.3 Å². The summed E-state index contributed by atoms with van der Waals surface area (Å²) in [6.45, 7) is 6.08. The molecule has 0 saturated carbocycles. The molecule has 0 amide bonds. The van der Waals surface area contributed by atoms with E-state index in [4.69, 9.17) is 0 Å². The zero-order valence-electron chi connectivity index (χ0n) is 12.5. The zero-order valence-corrected chi connectivity index (χ0v) is 12.5. The lowest BCUT2D eigenvalue weighted by Gasteiger charge is -2.22. The molecule has 0 spiro atoms. The van der Waals surface area contributed by atoms with Gasteiger partial charge in [-0.05, 0) is 17.2 Å². The van der Waals surface area contributed by atoms with Crippen LogP contribution in [0.2, 0.25) is 0 Å². The van der Waals surface area contributed by atoms with Gasteiger partial charge >= 0.3 is 0 Å². The van der Waals surface area contributed by atoms with Crippen LogP contribution in [0.5, 0.6) is 0 Å². The molecule has 0 radical (unpaired) electrons. The number of anilines is 1. The summed E-state index contributed by atoms with van der Waals surface area (Å²) in [5.74, 6) is 0. The number of benzene rings is 1. The number of nitrogens with one attached hydrogen (secondary N) is 1. The van der Waals surface area contributed by atoms with E-state index in [2.05, 4.69) is 66.4 Å². The van der Waals surface area contributed by atoms with Gasteiger partial charge in [0.15, 0.2) is 0 Å². The maximum atomic E-state index is 4.27. The predicted molar refractivity (Wildman–Crippen MR) is 84.8 cm³/mol. The molecule has 106 valence electrons.